The van der Waals surface area contributed by atoms with Crippen LogP contribution in [0, 0.1) is 6.92 Å². The van der Waals surface area contributed by atoms with Gasteiger partial charge in [0.2, 0.25) is 5.69 Å². The van der Waals surface area contributed by atoms with Crippen molar-refractivity contribution >= 4 is 27.5 Å². The van der Waals surface area contributed by atoms with Crippen LogP contribution in [0.3, 0.4) is 0 Å². The van der Waals surface area contributed by atoms with Crippen LogP contribution in [0.2, 0.25) is 0 Å². The fraction of sp³-hybridized carbons (Fsp3) is 0.207. The summed E-state index contributed by atoms with van der Waals surface area (Å²) in [5.74, 6) is 0. The van der Waals surface area contributed by atoms with Crippen molar-refractivity contribution in [2.75, 3.05) is 18.0 Å². The second-order valence-electron chi connectivity index (χ2n) is 8.94. The Labute approximate surface area is 189 Å². The van der Waals surface area contributed by atoms with Gasteiger partial charge in [-0.2, -0.15) is 0 Å². The van der Waals surface area contributed by atoms with Gasteiger partial charge in [0.1, 0.15) is 7.05 Å². The number of aryl methyl sites for hydroxylation is 2. The zero-order valence-corrected chi connectivity index (χ0v) is 18.8. The average molecular weight is 419 g/mol. The van der Waals surface area contributed by atoms with Crippen molar-refractivity contribution in [1.29, 1.82) is 0 Å². The van der Waals surface area contributed by atoms with Crippen LogP contribution in [0.15, 0.2) is 85.1 Å². The van der Waals surface area contributed by atoms with Crippen molar-refractivity contribution in [2.24, 2.45) is 7.05 Å². The van der Waals surface area contributed by atoms with E-state index in [0.29, 0.717) is 0 Å². The summed E-state index contributed by atoms with van der Waals surface area (Å²) in [5, 5.41) is 2.60. The van der Waals surface area contributed by atoms with Gasteiger partial charge in [0.05, 0.1) is 16.6 Å². The van der Waals surface area contributed by atoms with Gasteiger partial charge in [0.25, 0.3) is 0 Å². The second-order valence-corrected chi connectivity index (χ2v) is 8.94. The first-order chi connectivity index (χ1) is 15.7. The predicted octanol–water partition coefficient (Wildman–Crippen LogP) is 6.18. The molecule has 0 saturated carbocycles. The maximum Gasteiger partial charge on any atom is 0.214 e. The highest BCUT2D eigenvalue weighted by atomic mass is 15.1. The zero-order chi connectivity index (χ0) is 21.7. The molecule has 158 valence electrons. The summed E-state index contributed by atoms with van der Waals surface area (Å²) >= 11 is 0. The quantitative estimate of drug-likeness (QED) is 0.319. The lowest BCUT2D eigenvalue weighted by atomic mass is 10.0. The lowest BCUT2D eigenvalue weighted by Gasteiger charge is -2.18. The van der Waals surface area contributed by atoms with E-state index in [9.17, 15) is 0 Å². The second kappa shape index (κ2) is 7.52. The Morgan fingerprint density at radius 2 is 1.38 bits per heavy atom. The van der Waals surface area contributed by atoms with Crippen LogP contribution in [0.1, 0.15) is 18.4 Å². The summed E-state index contributed by atoms with van der Waals surface area (Å²) in [6.45, 7) is 4.54. The van der Waals surface area contributed by atoms with E-state index in [-0.39, 0.29) is 0 Å². The van der Waals surface area contributed by atoms with Gasteiger partial charge in [-0.15, -0.1) is 0 Å². The lowest BCUT2D eigenvalue weighted by molar-refractivity contribution is -0.660. The lowest BCUT2D eigenvalue weighted by Crippen LogP contribution is -2.31. The SMILES string of the molecule is Cc1ccc(-n2c3ccccc3c3ccccc32)cc1-c1cc(N2CCCC2)cc[n+]1C. The van der Waals surface area contributed by atoms with E-state index in [1.54, 1.807) is 0 Å². The number of hydrogen-bond donors (Lipinski definition) is 0. The molecule has 3 nitrogen and oxygen atoms in total. The van der Waals surface area contributed by atoms with Crippen molar-refractivity contribution in [1.82, 2.24) is 4.57 Å². The van der Waals surface area contributed by atoms with Crippen molar-refractivity contribution < 1.29 is 4.57 Å². The Morgan fingerprint density at radius 1 is 0.719 bits per heavy atom. The number of benzene rings is 3. The number of fused-ring (bicyclic) bond motifs is 3. The molecule has 0 amide bonds. The van der Waals surface area contributed by atoms with E-state index < -0.39 is 0 Å². The molecule has 2 aromatic heterocycles. The first-order valence-corrected chi connectivity index (χ1v) is 11.5. The number of hydrogen-bond acceptors (Lipinski definition) is 1. The maximum absolute atomic E-state index is 2.51. The highest BCUT2D eigenvalue weighted by molar-refractivity contribution is 6.09. The summed E-state index contributed by atoms with van der Waals surface area (Å²) < 4.78 is 4.65. The molecule has 0 atom stereocenters. The standard InChI is InChI=1S/C29H28N3/c1-21-13-14-23(32-27-11-5-3-9-24(27)25-10-4-6-12-28(25)32)19-26(21)29-20-22(15-18-30(29)2)31-16-7-8-17-31/h3-6,9-15,18-20H,7-8,16-17H2,1-2H3/q+1. The summed E-state index contributed by atoms with van der Waals surface area (Å²) in [5.41, 5.74) is 8.87. The number of rotatable bonds is 3. The van der Waals surface area contributed by atoms with Crippen LogP contribution in [0.4, 0.5) is 5.69 Å². The third kappa shape index (κ3) is 3.00. The molecule has 0 N–H and O–H groups in total. The molecule has 0 unspecified atom stereocenters. The largest absolute Gasteiger partial charge is 0.371 e. The molecule has 1 saturated heterocycles. The minimum Gasteiger partial charge on any atom is -0.371 e. The van der Waals surface area contributed by atoms with E-state index in [1.807, 2.05) is 0 Å². The normalized spacial score (nSPS) is 14.0. The maximum atomic E-state index is 2.51. The molecule has 3 heterocycles. The van der Waals surface area contributed by atoms with E-state index in [0.717, 1.165) is 13.1 Å². The molecule has 1 fully saturated rings. The van der Waals surface area contributed by atoms with Gasteiger partial charge in [-0.25, -0.2) is 4.57 Å². The minimum atomic E-state index is 1.16. The van der Waals surface area contributed by atoms with Crippen molar-refractivity contribution in [3.8, 4) is 16.9 Å². The van der Waals surface area contributed by atoms with Crippen LogP contribution < -0.4 is 9.47 Å². The third-order valence-corrected chi connectivity index (χ3v) is 6.94. The van der Waals surface area contributed by atoms with Crippen molar-refractivity contribution in [2.45, 2.75) is 19.8 Å². The number of para-hydroxylation sites is 2. The van der Waals surface area contributed by atoms with E-state index in [2.05, 4.69) is 113 Å². The van der Waals surface area contributed by atoms with Gasteiger partial charge in [-0.05, 0) is 49.6 Å². The Morgan fingerprint density at radius 3 is 2.06 bits per heavy atom. The molecule has 32 heavy (non-hydrogen) atoms. The van der Waals surface area contributed by atoms with Crippen LogP contribution in [-0.2, 0) is 7.05 Å². The Balaban J connectivity index is 1.56. The number of pyridine rings is 1. The van der Waals surface area contributed by atoms with Gasteiger partial charge in [-0.1, -0.05) is 42.5 Å². The van der Waals surface area contributed by atoms with Crippen LogP contribution in [0.25, 0.3) is 38.8 Å². The summed E-state index contributed by atoms with van der Waals surface area (Å²) in [4.78, 5) is 2.51. The molecule has 5 aromatic rings. The molecule has 0 bridgehead atoms. The summed E-state index contributed by atoms with van der Waals surface area (Å²) in [6, 6.07) is 28.9. The zero-order valence-electron chi connectivity index (χ0n) is 18.8. The van der Waals surface area contributed by atoms with E-state index in [1.165, 1.54) is 62.8 Å². The fourth-order valence-electron chi connectivity index (χ4n) is 5.22. The monoisotopic (exact) mass is 418 g/mol. The van der Waals surface area contributed by atoms with Crippen molar-refractivity contribution in [3.05, 3.63) is 90.6 Å². The Kier molecular flexibility index (Phi) is 4.50. The van der Waals surface area contributed by atoms with Gasteiger partial charge in [0, 0.05) is 47.4 Å². The topological polar surface area (TPSA) is 12.1 Å². The highest BCUT2D eigenvalue weighted by Crippen LogP contribution is 2.34. The minimum absolute atomic E-state index is 1.16. The predicted molar refractivity (Wildman–Crippen MR) is 134 cm³/mol. The molecule has 0 radical (unpaired) electrons. The molecular formula is C29H28N3+. The van der Waals surface area contributed by atoms with Gasteiger partial charge in [-0.3, -0.25) is 0 Å². The summed E-state index contributed by atoms with van der Waals surface area (Å²) in [6.07, 6.45) is 4.78. The first-order valence-electron chi connectivity index (χ1n) is 11.5. The Bertz CT molecular complexity index is 1400. The molecule has 0 aliphatic carbocycles. The summed E-state index contributed by atoms with van der Waals surface area (Å²) in [7, 11) is 2.15. The van der Waals surface area contributed by atoms with Crippen molar-refractivity contribution in [3.63, 3.8) is 0 Å². The van der Waals surface area contributed by atoms with Crippen LogP contribution in [-0.4, -0.2) is 17.7 Å². The fourth-order valence-corrected chi connectivity index (χ4v) is 5.22. The van der Waals surface area contributed by atoms with Gasteiger partial charge < -0.3 is 9.47 Å². The third-order valence-electron chi connectivity index (χ3n) is 6.94. The van der Waals surface area contributed by atoms with Crippen LogP contribution >= 0.6 is 0 Å². The molecule has 0 spiro atoms. The number of anilines is 1. The smallest absolute Gasteiger partial charge is 0.214 e. The first kappa shape index (κ1) is 19.1. The van der Waals surface area contributed by atoms with Gasteiger partial charge in [0.15, 0.2) is 6.20 Å². The molecular weight excluding hydrogens is 390 g/mol. The molecule has 3 heteroatoms. The van der Waals surface area contributed by atoms with Gasteiger partial charge >= 0.3 is 0 Å². The van der Waals surface area contributed by atoms with E-state index >= 15 is 0 Å². The number of aromatic nitrogens is 2. The Hall–Kier alpha value is -3.59. The highest BCUT2D eigenvalue weighted by Gasteiger charge is 2.20. The number of nitrogens with zero attached hydrogens (tertiary/aromatic N) is 3. The van der Waals surface area contributed by atoms with E-state index in [4.69, 9.17) is 0 Å². The van der Waals surface area contributed by atoms with Crippen LogP contribution in [0.5, 0.6) is 0 Å². The molecule has 6 rings (SSSR count). The molecule has 1 aliphatic rings. The molecule has 3 aromatic carbocycles. The average Bonchev–Trinajstić information content (AvgIpc) is 3.47. The molecule has 1 aliphatic heterocycles.